The molecule has 4 aliphatic heterocycles. The maximum Gasteiger partial charge on any atom is 0.259 e. The Morgan fingerprint density at radius 2 is 1.82 bits per heavy atom. The molecule has 0 aliphatic carbocycles. The summed E-state index contributed by atoms with van der Waals surface area (Å²) in [4.78, 5) is 13.9. The number of benzene rings is 2. The Balaban J connectivity index is 1.23. The molecule has 6 atom stereocenters. The fourth-order valence-corrected chi connectivity index (χ4v) is 8.18. The van der Waals surface area contributed by atoms with Gasteiger partial charge in [0.05, 0.1) is 18.3 Å². The Bertz CT molecular complexity index is 1150. The Labute approximate surface area is 226 Å². The van der Waals surface area contributed by atoms with E-state index in [0.29, 0.717) is 23.9 Å². The third-order valence-electron chi connectivity index (χ3n) is 8.10. The number of amides is 1. The zero-order valence-electron chi connectivity index (χ0n) is 22.0. The zero-order valence-corrected chi connectivity index (χ0v) is 22.9. The number of ether oxygens (including phenoxy) is 1. The molecule has 4 aliphatic rings. The molecule has 2 aromatic rings. The van der Waals surface area contributed by atoms with Gasteiger partial charge in [-0.2, -0.15) is 0 Å². The lowest BCUT2D eigenvalue weighted by Crippen LogP contribution is -2.42. The number of fused-ring (bicyclic) bond motifs is 1. The molecule has 1 amide bonds. The zero-order chi connectivity index (χ0) is 26.2. The molecule has 38 heavy (non-hydrogen) atoms. The van der Waals surface area contributed by atoms with Crippen LogP contribution in [-0.2, 0) is 18.6 Å². The Hall–Kier alpha value is -2.54. The van der Waals surface area contributed by atoms with Crippen molar-refractivity contribution in [1.82, 2.24) is 14.9 Å². The molecule has 0 spiro atoms. The standard InChI is InChI=1S/C30H36N3O4P/c1-4-25-26(18-27(35-25)32-19-20(2)30(34)31-21(32)3)36-38-33-17-11-16-24(33)29(37-38)28(22-12-7-5-8-13-22)23-14-9-6-10-15-23/h5-10,12-15,19,24-29H,3-4,11,16-18H2,1-2H3,(H,31,34)/t24-,25+,26+,27+,29-,38-/m0/s1. The molecule has 7 nitrogen and oxygen atoms in total. The molecule has 0 saturated carbocycles. The topological polar surface area (TPSA) is 63.3 Å². The molecule has 0 aromatic heterocycles. The number of hydrogen-bond acceptors (Lipinski definition) is 6. The molecule has 0 unspecified atom stereocenters. The van der Waals surface area contributed by atoms with E-state index in [0.717, 1.165) is 25.8 Å². The highest BCUT2D eigenvalue weighted by Crippen LogP contribution is 2.60. The molecule has 3 fully saturated rings. The van der Waals surface area contributed by atoms with Crippen molar-refractivity contribution in [2.24, 2.45) is 0 Å². The first-order valence-corrected chi connectivity index (χ1v) is 14.8. The van der Waals surface area contributed by atoms with E-state index in [1.807, 2.05) is 11.1 Å². The molecule has 0 radical (unpaired) electrons. The van der Waals surface area contributed by atoms with Gasteiger partial charge in [0, 0.05) is 36.7 Å². The lowest BCUT2D eigenvalue weighted by Gasteiger charge is -2.32. The minimum absolute atomic E-state index is 0.0225. The minimum Gasteiger partial charge on any atom is -0.352 e. The SMILES string of the molecule is C=C1NC(=O)C(C)=CN1[C@H]1C[C@@H](O[P@@]2O[C@H](C(c3ccccc3)c3ccccc3)[C@@H]3CCCN32)[C@@H](CC)O1. The van der Waals surface area contributed by atoms with Gasteiger partial charge in [0.25, 0.3) is 14.4 Å². The van der Waals surface area contributed by atoms with Crippen molar-refractivity contribution >= 4 is 14.4 Å². The maximum atomic E-state index is 12.0. The molecule has 2 aromatic carbocycles. The van der Waals surface area contributed by atoms with Gasteiger partial charge in [0.2, 0.25) is 0 Å². The van der Waals surface area contributed by atoms with E-state index in [2.05, 4.69) is 84.2 Å². The Morgan fingerprint density at radius 3 is 2.47 bits per heavy atom. The molecule has 4 heterocycles. The summed E-state index contributed by atoms with van der Waals surface area (Å²) in [6.07, 6.45) is 5.25. The lowest BCUT2D eigenvalue weighted by molar-refractivity contribution is -0.118. The van der Waals surface area contributed by atoms with Crippen molar-refractivity contribution in [1.29, 1.82) is 0 Å². The summed E-state index contributed by atoms with van der Waals surface area (Å²) in [7, 11) is -1.22. The second-order valence-electron chi connectivity index (χ2n) is 10.5. The van der Waals surface area contributed by atoms with Crippen LogP contribution in [0.25, 0.3) is 0 Å². The van der Waals surface area contributed by atoms with E-state index in [4.69, 9.17) is 13.8 Å². The van der Waals surface area contributed by atoms with Gasteiger partial charge in [-0.05, 0) is 37.3 Å². The third-order valence-corrected chi connectivity index (χ3v) is 9.89. The van der Waals surface area contributed by atoms with Crippen molar-refractivity contribution in [2.75, 3.05) is 6.54 Å². The first-order chi connectivity index (χ1) is 18.5. The van der Waals surface area contributed by atoms with Crippen molar-refractivity contribution in [2.45, 2.75) is 76.0 Å². The number of carbonyl (C=O) groups is 1. The van der Waals surface area contributed by atoms with Gasteiger partial charge in [0.15, 0.2) is 0 Å². The second kappa shape index (κ2) is 10.9. The van der Waals surface area contributed by atoms with Crippen LogP contribution < -0.4 is 5.32 Å². The van der Waals surface area contributed by atoms with Gasteiger partial charge in [-0.25, -0.2) is 4.67 Å². The van der Waals surface area contributed by atoms with Crippen molar-refractivity contribution in [3.63, 3.8) is 0 Å². The van der Waals surface area contributed by atoms with E-state index < -0.39 is 8.53 Å². The second-order valence-corrected chi connectivity index (χ2v) is 11.9. The molecule has 0 bridgehead atoms. The van der Waals surface area contributed by atoms with Crippen LogP contribution in [0.4, 0.5) is 0 Å². The molecule has 6 rings (SSSR count). The molecule has 200 valence electrons. The predicted molar refractivity (Wildman–Crippen MR) is 148 cm³/mol. The summed E-state index contributed by atoms with van der Waals surface area (Å²) < 4.78 is 22.6. The number of hydrogen-bond donors (Lipinski definition) is 1. The fraction of sp³-hybridized carbons (Fsp3) is 0.433. The van der Waals surface area contributed by atoms with E-state index in [1.54, 1.807) is 6.92 Å². The number of carbonyl (C=O) groups excluding carboxylic acids is 1. The van der Waals surface area contributed by atoms with Gasteiger partial charge in [-0.1, -0.05) is 74.2 Å². The summed E-state index contributed by atoms with van der Waals surface area (Å²) in [5, 5.41) is 2.83. The summed E-state index contributed by atoms with van der Waals surface area (Å²) in [6.45, 7) is 8.96. The van der Waals surface area contributed by atoms with Crippen LogP contribution in [0.3, 0.4) is 0 Å². The van der Waals surface area contributed by atoms with Crippen molar-refractivity contribution in [3.05, 3.63) is 96.0 Å². The number of rotatable bonds is 7. The Kier molecular flexibility index (Phi) is 7.39. The van der Waals surface area contributed by atoms with Crippen LogP contribution in [0.5, 0.6) is 0 Å². The van der Waals surface area contributed by atoms with E-state index in [1.165, 1.54) is 11.1 Å². The van der Waals surface area contributed by atoms with Crippen LogP contribution in [0.15, 0.2) is 84.8 Å². The van der Waals surface area contributed by atoms with Gasteiger partial charge < -0.3 is 24.0 Å². The van der Waals surface area contributed by atoms with E-state index in [9.17, 15) is 4.79 Å². The predicted octanol–water partition coefficient (Wildman–Crippen LogP) is 5.63. The van der Waals surface area contributed by atoms with Crippen molar-refractivity contribution in [3.8, 4) is 0 Å². The van der Waals surface area contributed by atoms with E-state index >= 15 is 0 Å². The smallest absolute Gasteiger partial charge is 0.259 e. The first kappa shape index (κ1) is 25.7. The molecule has 8 heteroatoms. The lowest BCUT2D eigenvalue weighted by atomic mass is 9.83. The van der Waals surface area contributed by atoms with Gasteiger partial charge >= 0.3 is 0 Å². The average molecular weight is 534 g/mol. The quantitative estimate of drug-likeness (QED) is 0.466. The highest BCUT2D eigenvalue weighted by Gasteiger charge is 2.52. The molecular formula is C30H36N3O4P. The fourth-order valence-electron chi connectivity index (χ4n) is 6.17. The van der Waals surface area contributed by atoms with E-state index in [-0.39, 0.29) is 36.4 Å². The number of nitrogens with one attached hydrogen (secondary N) is 1. The van der Waals surface area contributed by atoms with Crippen molar-refractivity contribution < 1.29 is 18.6 Å². The van der Waals surface area contributed by atoms with Gasteiger partial charge in [0.1, 0.15) is 12.0 Å². The van der Waals surface area contributed by atoms with Gasteiger partial charge in [-0.15, -0.1) is 0 Å². The first-order valence-electron chi connectivity index (χ1n) is 13.7. The van der Waals surface area contributed by atoms with Crippen LogP contribution in [0, 0.1) is 0 Å². The van der Waals surface area contributed by atoms with Gasteiger partial charge in [-0.3, -0.25) is 4.79 Å². The highest BCUT2D eigenvalue weighted by molar-refractivity contribution is 7.45. The minimum atomic E-state index is -1.22. The average Bonchev–Trinajstić information content (AvgIpc) is 3.65. The largest absolute Gasteiger partial charge is 0.352 e. The number of nitrogens with zero attached hydrogens (tertiary/aromatic N) is 2. The summed E-state index contributed by atoms with van der Waals surface area (Å²) in [6, 6.07) is 21.8. The molecular weight excluding hydrogens is 497 g/mol. The Morgan fingerprint density at radius 1 is 1.13 bits per heavy atom. The third kappa shape index (κ3) is 4.83. The van der Waals surface area contributed by atoms with Crippen LogP contribution in [0.2, 0.25) is 0 Å². The normalized spacial score (nSPS) is 31.6. The summed E-state index contributed by atoms with van der Waals surface area (Å²) in [5.74, 6) is 0.559. The van der Waals surface area contributed by atoms with Crippen LogP contribution >= 0.6 is 8.53 Å². The highest BCUT2D eigenvalue weighted by atomic mass is 31.2. The monoisotopic (exact) mass is 533 g/mol. The van der Waals surface area contributed by atoms with Crippen LogP contribution in [-0.4, -0.2) is 52.6 Å². The maximum absolute atomic E-state index is 12.0. The summed E-state index contributed by atoms with van der Waals surface area (Å²) in [5.41, 5.74) is 3.18. The van der Waals surface area contributed by atoms with Crippen LogP contribution in [0.1, 0.15) is 56.6 Å². The summed E-state index contributed by atoms with van der Waals surface area (Å²) >= 11 is 0. The molecule has 3 saturated heterocycles. The molecule has 1 N–H and O–H groups in total.